The van der Waals surface area contributed by atoms with Crippen molar-refractivity contribution in [1.29, 1.82) is 0 Å². The van der Waals surface area contributed by atoms with E-state index in [1.807, 2.05) is 142 Å². The molecule has 2 amide bonds. The van der Waals surface area contributed by atoms with Crippen molar-refractivity contribution in [2.24, 2.45) is 0 Å². The Hall–Kier alpha value is -4.01. The molecule has 4 aromatic rings. The smallest absolute Gasteiger partial charge is 0.480 e. The number of benzene rings is 3. The van der Waals surface area contributed by atoms with Crippen LogP contribution >= 0.6 is 39.1 Å². The van der Waals surface area contributed by atoms with Crippen molar-refractivity contribution >= 4 is 63.9 Å². The predicted molar refractivity (Wildman–Crippen MR) is 238 cm³/mol. The number of halogens is 3. The number of fused-ring (bicyclic) bond motifs is 2. The molecule has 7 rings (SSSR count). The van der Waals surface area contributed by atoms with E-state index in [-0.39, 0.29) is 13.1 Å². The number of rotatable bonds is 7. The molecule has 1 fully saturated rings. The zero-order chi connectivity index (χ0) is 44.1. The molecule has 0 spiro atoms. The van der Waals surface area contributed by atoms with Crippen molar-refractivity contribution in [3.63, 3.8) is 0 Å². The minimum Gasteiger partial charge on any atom is -0.480 e. The molecule has 2 N–H and O–H groups in total. The Morgan fingerprint density at radius 2 is 1.42 bits per heavy atom. The average molecular weight is 926 g/mol. The van der Waals surface area contributed by atoms with Crippen LogP contribution in [0.15, 0.2) is 83.5 Å². The van der Waals surface area contributed by atoms with E-state index in [4.69, 9.17) is 46.7 Å². The fraction of sp³-hybridized carbons (Fsp3) is 0.444. The first kappa shape index (κ1) is 45.5. The van der Waals surface area contributed by atoms with Crippen LogP contribution in [-0.4, -0.2) is 69.7 Å². The molecule has 320 valence electrons. The molecule has 0 saturated carbocycles. The number of ether oxygens (including phenoxy) is 3. The van der Waals surface area contributed by atoms with E-state index < -0.39 is 52.8 Å². The molecule has 15 heteroatoms. The number of nitrogens with zero attached hydrogens (tertiary/aromatic N) is 2. The minimum absolute atomic E-state index is 0.158. The van der Waals surface area contributed by atoms with Gasteiger partial charge in [0.15, 0.2) is 11.2 Å². The molecule has 3 aliphatic heterocycles. The van der Waals surface area contributed by atoms with E-state index in [9.17, 15) is 14.7 Å². The van der Waals surface area contributed by atoms with E-state index >= 15 is 0 Å². The van der Waals surface area contributed by atoms with Crippen LogP contribution in [0.3, 0.4) is 0 Å². The summed E-state index contributed by atoms with van der Waals surface area (Å²) in [6.45, 7) is 19.5. The normalized spacial score (nSPS) is 21.1. The minimum atomic E-state index is -0.994. The van der Waals surface area contributed by atoms with Gasteiger partial charge in [0.2, 0.25) is 5.88 Å². The highest BCUT2D eigenvalue weighted by Gasteiger charge is 2.55. The second-order valence-electron chi connectivity index (χ2n) is 18.4. The second kappa shape index (κ2) is 16.7. The van der Waals surface area contributed by atoms with Crippen LogP contribution in [0.5, 0.6) is 11.6 Å². The van der Waals surface area contributed by atoms with Crippen molar-refractivity contribution in [2.45, 2.75) is 116 Å². The number of hydrogen-bond acceptors (Lipinski definition) is 8. The van der Waals surface area contributed by atoms with E-state index in [0.717, 1.165) is 26.7 Å². The quantitative estimate of drug-likeness (QED) is 0.174. The van der Waals surface area contributed by atoms with E-state index in [2.05, 4.69) is 26.2 Å². The van der Waals surface area contributed by atoms with Gasteiger partial charge in [-0.2, -0.15) is 0 Å². The van der Waals surface area contributed by atoms with Crippen LogP contribution in [0.1, 0.15) is 91.5 Å². The van der Waals surface area contributed by atoms with Gasteiger partial charge in [-0.15, -0.1) is 0 Å². The number of carboxylic acid groups (broad SMARTS) is 1. The summed E-state index contributed by atoms with van der Waals surface area (Å²) in [5.41, 5.74) is 0.363. The standard InChI is InChI=1S/C26H33BClNO5.C19H20BrClN2O3/c1-23(2,3)29(22(30)31)16-26(18-11-9-8-10-12-18)15-17-13-14-19(28)20(21(17)32-26)27-33-24(4,5)25(6,7)34-27;1-18(2,3)26-17(24)23-11-19(12-7-5-4-6-8-12)9-13-15(20)14(21)10-22-16(13)25-19/h8-14H,15-16H2,1-7H3,(H,30,31);4-8,10H,9,11H2,1-3H3,(H,23,24)/t;19-/m.1/s1. The molecule has 0 radical (unpaired) electrons. The van der Waals surface area contributed by atoms with Gasteiger partial charge in [0.05, 0.1) is 35.5 Å². The third-order valence-electron chi connectivity index (χ3n) is 11.2. The monoisotopic (exact) mass is 923 g/mol. The van der Waals surface area contributed by atoms with Gasteiger partial charge in [-0.3, -0.25) is 4.90 Å². The maximum Gasteiger partial charge on any atom is 0.500 e. The van der Waals surface area contributed by atoms with Crippen LogP contribution in [0.25, 0.3) is 0 Å². The van der Waals surface area contributed by atoms with E-state index in [0.29, 0.717) is 40.0 Å². The largest absolute Gasteiger partial charge is 0.500 e. The maximum atomic E-state index is 12.3. The van der Waals surface area contributed by atoms with Crippen LogP contribution in [-0.2, 0) is 38.1 Å². The number of pyridine rings is 1. The third-order valence-corrected chi connectivity index (χ3v) is 13.0. The Balaban J connectivity index is 0.000000209. The summed E-state index contributed by atoms with van der Waals surface area (Å²) in [4.78, 5) is 30.1. The molecule has 60 heavy (non-hydrogen) atoms. The first-order valence-electron chi connectivity index (χ1n) is 19.8. The Morgan fingerprint density at radius 3 is 1.95 bits per heavy atom. The number of nitrogens with one attached hydrogen (secondary N) is 1. The van der Waals surface area contributed by atoms with Gasteiger partial charge in [0.25, 0.3) is 0 Å². The molecular formula is C45H53BBrCl2N3O8. The number of alkyl carbamates (subject to hydrolysis) is 1. The molecular weight excluding hydrogens is 872 g/mol. The van der Waals surface area contributed by atoms with Crippen LogP contribution in [0, 0.1) is 0 Å². The number of aromatic nitrogens is 1. The second-order valence-corrected chi connectivity index (χ2v) is 20.0. The topological polar surface area (TPSA) is 129 Å². The van der Waals surface area contributed by atoms with Crippen molar-refractivity contribution < 1.29 is 38.2 Å². The van der Waals surface area contributed by atoms with Crippen LogP contribution in [0.4, 0.5) is 9.59 Å². The molecule has 1 saturated heterocycles. The van der Waals surface area contributed by atoms with Crippen molar-refractivity contribution in [3.05, 3.63) is 116 Å². The van der Waals surface area contributed by atoms with Gasteiger partial charge in [-0.1, -0.05) is 89.9 Å². The molecule has 11 nitrogen and oxygen atoms in total. The first-order valence-corrected chi connectivity index (χ1v) is 21.4. The summed E-state index contributed by atoms with van der Waals surface area (Å²) >= 11 is 16.4. The fourth-order valence-electron chi connectivity index (χ4n) is 7.40. The lowest BCUT2D eigenvalue weighted by atomic mass is 9.77. The Morgan fingerprint density at radius 1 is 0.850 bits per heavy atom. The van der Waals surface area contributed by atoms with Gasteiger partial charge >= 0.3 is 19.3 Å². The highest BCUT2D eigenvalue weighted by molar-refractivity contribution is 9.10. The highest BCUT2D eigenvalue weighted by atomic mass is 79.9. The van der Waals surface area contributed by atoms with Gasteiger partial charge in [-0.05, 0) is 108 Å². The van der Waals surface area contributed by atoms with Gasteiger partial charge < -0.3 is 33.9 Å². The van der Waals surface area contributed by atoms with E-state index in [1.54, 1.807) is 6.20 Å². The zero-order valence-corrected chi connectivity index (χ0v) is 38.8. The van der Waals surface area contributed by atoms with Crippen molar-refractivity contribution in [1.82, 2.24) is 15.2 Å². The maximum absolute atomic E-state index is 12.3. The summed E-state index contributed by atoms with van der Waals surface area (Å²) in [5, 5.41) is 13.9. The highest BCUT2D eigenvalue weighted by Crippen LogP contribution is 2.47. The Kier molecular flexibility index (Phi) is 12.7. The molecule has 0 bridgehead atoms. The number of carbonyl (C=O) groups excluding carboxylic acids is 1. The summed E-state index contributed by atoms with van der Waals surface area (Å²) in [6, 6.07) is 23.3. The SMILES string of the molecule is CC(C)(C)N(CC1(c2ccccc2)Cc2ccc(Cl)c(B3OC(C)(C)C(C)(C)O3)c2O1)C(=O)O.CC(C)(C)OC(=O)NC[C@@]1(c2ccccc2)Cc2c(ncc(Cl)c2Br)O1. The van der Waals surface area contributed by atoms with Gasteiger partial charge in [-0.25, -0.2) is 14.6 Å². The van der Waals surface area contributed by atoms with Crippen molar-refractivity contribution in [2.75, 3.05) is 13.1 Å². The van der Waals surface area contributed by atoms with Crippen LogP contribution < -0.4 is 20.3 Å². The Labute approximate surface area is 371 Å². The predicted octanol–water partition coefficient (Wildman–Crippen LogP) is 10.1. The molecule has 3 aromatic carbocycles. The number of hydrogen-bond donors (Lipinski definition) is 2. The van der Waals surface area contributed by atoms with Crippen LogP contribution in [0.2, 0.25) is 10.0 Å². The van der Waals surface area contributed by atoms with E-state index in [1.165, 1.54) is 4.90 Å². The molecule has 1 aromatic heterocycles. The summed E-state index contributed by atoms with van der Waals surface area (Å²) in [6.07, 6.45) is 1.09. The summed E-state index contributed by atoms with van der Waals surface area (Å²) in [5.74, 6) is 1.12. The first-order chi connectivity index (χ1) is 27.9. The summed E-state index contributed by atoms with van der Waals surface area (Å²) in [7, 11) is -0.697. The lowest BCUT2D eigenvalue weighted by molar-refractivity contribution is 0.00578. The Bertz CT molecular complexity index is 2220. The fourth-order valence-corrected chi connectivity index (χ4v) is 8.21. The molecule has 0 aliphatic carbocycles. The zero-order valence-electron chi connectivity index (χ0n) is 35.7. The lowest BCUT2D eigenvalue weighted by Gasteiger charge is -2.40. The molecule has 1 unspecified atom stereocenters. The average Bonchev–Trinajstić information content (AvgIpc) is 3.80. The lowest BCUT2D eigenvalue weighted by Crippen LogP contribution is -2.53. The molecule has 3 aliphatic rings. The molecule has 2 atom stereocenters. The van der Waals surface area contributed by atoms with Gasteiger partial charge in [0.1, 0.15) is 11.4 Å². The van der Waals surface area contributed by atoms with Gasteiger partial charge in [0, 0.05) is 38.9 Å². The number of amides is 2. The van der Waals surface area contributed by atoms with Crippen molar-refractivity contribution in [3.8, 4) is 11.6 Å². The third kappa shape index (κ3) is 9.40. The molecule has 4 heterocycles. The summed E-state index contributed by atoms with van der Waals surface area (Å²) < 4.78 is 31.7. The number of carbonyl (C=O) groups is 2.